The number of hydrogen-bond donors (Lipinski definition) is 2. The fourth-order valence-electron chi connectivity index (χ4n) is 4.28. The van der Waals surface area contributed by atoms with Gasteiger partial charge in [-0.2, -0.15) is 0 Å². The third kappa shape index (κ3) is 3.50. The molecule has 1 aliphatic heterocycles. The van der Waals surface area contributed by atoms with Crippen LogP contribution in [0.25, 0.3) is 10.9 Å². The van der Waals surface area contributed by atoms with Gasteiger partial charge in [-0.25, -0.2) is 0 Å². The Morgan fingerprint density at radius 2 is 1.94 bits per heavy atom. The number of aromatic nitrogens is 1. The van der Waals surface area contributed by atoms with Crippen LogP contribution in [0.2, 0.25) is 0 Å². The SMILES string of the molecule is COc1cccc(N2Cc3cccc(C(=O)NCCc4c[nH]c5ccccc45)c3C2=O)c1. The highest BCUT2D eigenvalue weighted by Gasteiger charge is 2.32. The van der Waals surface area contributed by atoms with Crippen molar-refractivity contribution < 1.29 is 14.3 Å². The van der Waals surface area contributed by atoms with Crippen LogP contribution >= 0.6 is 0 Å². The summed E-state index contributed by atoms with van der Waals surface area (Å²) in [4.78, 5) is 31.1. The van der Waals surface area contributed by atoms with Crippen LogP contribution in [-0.2, 0) is 13.0 Å². The van der Waals surface area contributed by atoms with Crippen LogP contribution in [0.5, 0.6) is 5.75 Å². The predicted molar refractivity (Wildman–Crippen MR) is 124 cm³/mol. The summed E-state index contributed by atoms with van der Waals surface area (Å²) in [6.45, 7) is 0.913. The van der Waals surface area contributed by atoms with Gasteiger partial charge in [-0.15, -0.1) is 0 Å². The third-order valence-corrected chi connectivity index (χ3v) is 5.90. The number of anilines is 1. The van der Waals surface area contributed by atoms with Gasteiger partial charge in [0.1, 0.15) is 5.75 Å². The Bertz CT molecular complexity index is 1320. The molecule has 0 unspecified atom stereocenters. The average molecular weight is 425 g/mol. The molecule has 0 bridgehead atoms. The van der Waals surface area contributed by atoms with E-state index in [0.29, 0.717) is 36.4 Å². The second kappa shape index (κ2) is 8.23. The number of methoxy groups -OCH3 is 1. The fraction of sp³-hybridized carbons (Fsp3) is 0.154. The topological polar surface area (TPSA) is 74.4 Å². The zero-order valence-corrected chi connectivity index (χ0v) is 17.7. The van der Waals surface area contributed by atoms with Crippen molar-refractivity contribution in [1.82, 2.24) is 10.3 Å². The number of nitrogens with one attached hydrogen (secondary N) is 2. The van der Waals surface area contributed by atoms with Crippen molar-refractivity contribution >= 4 is 28.4 Å². The molecule has 0 aliphatic carbocycles. The third-order valence-electron chi connectivity index (χ3n) is 5.90. The van der Waals surface area contributed by atoms with E-state index in [2.05, 4.69) is 16.4 Å². The van der Waals surface area contributed by atoms with Crippen molar-refractivity contribution in [3.63, 3.8) is 0 Å². The summed E-state index contributed by atoms with van der Waals surface area (Å²) in [5, 5.41) is 4.14. The van der Waals surface area contributed by atoms with Gasteiger partial charge in [0, 0.05) is 35.4 Å². The molecule has 160 valence electrons. The molecule has 0 fully saturated rings. The lowest BCUT2D eigenvalue weighted by Crippen LogP contribution is -2.29. The molecular weight excluding hydrogens is 402 g/mol. The second-order valence-corrected chi connectivity index (χ2v) is 7.80. The molecule has 4 aromatic rings. The van der Waals surface area contributed by atoms with Crippen LogP contribution in [-0.4, -0.2) is 30.5 Å². The standard InChI is InChI=1S/C26H23N3O3/c1-32-20-8-5-7-19(14-20)29-16-18-6-4-10-22(24(18)26(29)31)25(30)27-13-12-17-15-28-23-11-3-2-9-21(17)23/h2-11,14-15,28H,12-13,16H2,1H3,(H,27,30). The van der Waals surface area contributed by atoms with E-state index >= 15 is 0 Å². The summed E-state index contributed by atoms with van der Waals surface area (Å²) in [5.74, 6) is 0.277. The monoisotopic (exact) mass is 425 g/mol. The number of ether oxygens (including phenoxy) is 1. The van der Waals surface area contributed by atoms with Crippen molar-refractivity contribution in [2.45, 2.75) is 13.0 Å². The van der Waals surface area contributed by atoms with Gasteiger partial charge in [-0.3, -0.25) is 9.59 Å². The number of carbonyl (C=O) groups is 2. The quantitative estimate of drug-likeness (QED) is 0.483. The molecule has 3 aromatic carbocycles. The van der Waals surface area contributed by atoms with Crippen LogP contribution in [0.15, 0.2) is 72.9 Å². The Hall–Kier alpha value is -4.06. The highest BCUT2D eigenvalue weighted by Crippen LogP contribution is 2.32. The molecule has 6 heteroatoms. The van der Waals surface area contributed by atoms with Gasteiger partial charge in [-0.1, -0.05) is 36.4 Å². The van der Waals surface area contributed by atoms with Crippen molar-refractivity contribution in [2.75, 3.05) is 18.6 Å². The molecule has 0 atom stereocenters. The lowest BCUT2D eigenvalue weighted by Gasteiger charge is -2.16. The molecule has 2 N–H and O–H groups in total. The highest BCUT2D eigenvalue weighted by molar-refractivity contribution is 6.16. The summed E-state index contributed by atoms with van der Waals surface area (Å²) in [5.41, 5.74) is 4.72. The lowest BCUT2D eigenvalue weighted by atomic mass is 10.0. The van der Waals surface area contributed by atoms with Crippen molar-refractivity contribution in [1.29, 1.82) is 0 Å². The first-order valence-corrected chi connectivity index (χ1v) is 10.6. The summed E-state index contributed by atoms with van der Waals surface area (Å²) in [6.07, 6.45) is 2.68. The smallest absolute Gasteiger partial charge is 0.259 e. The molecule has 0 saturated heterocycles. The first kappa shape index (κ1) is 19.9. The van der Waals surface area contributed by atoms with E-state index < -0.39 is 0 Å². The molecule has 1 aliphatic rings. The number of rotatable bonds is 6. The van der Waals surface area contributed by atoms with Gasteiger partial charge in [0.25, 0.3) is 11.8 Å². The summed E-state index contributed by atoms with van der Waals surface area (Å²) in [7, 11) is 1.60. The summed E-state index contributed by atoms with van der Waals surface area (Å²) >= 11 is 0. The Morgan fingerprint density at radius 1 is 1.09 bits per heavy atom. The van der Waals surface area contributed by atoms with E-state index in [4.69, 9.17) is 4.74 Å². The Morgan fingerprint density at radius 3 is 2.81 bits per heavy atom. The van der Waals surface area contributed by atoms with E-state index in [9.17, 15) is 9.59 Å². The largest absolute Gasteiger partial charge is 0.497 e. The average Bonchev–Trinajstić information content (AvgIpc) is 3.40. The van der Waals surface area contributed by atoms with E-state index in [1.165, 1.54) is 0 Å². The summed E-state index contributed by atoms with van der Waals surface area (Å²) in [6, 6.07) is 20.9. The first-order valence-electron chi connectivity index (χ1n) is 10.6. The Kier molecular flexibility index (Phi) is 5.11. The van der Waals surface area contributed by atoms with Crippen molar-refractivity contribution in [2.24, 2.45) is 0 Å². The maximum atomic E-state index is 13.2. The van der Waals surface area contributed by atoms with Gasteiger partial charge < -0.3 is 19.9 Å². The van der Waals surface area contributed by atoms with Gasteiger partial charge in [0.2, 0.25) is 0 Å². The zero-order valence-electron chi connectivity index (χ0n) is 17.7. The van der Waals surface area contributed by atoms with Gasteiger partial charge in [-0.05, 0) is 41.8 Å². The Labute approximate surface area is 185 Å². The minimum absolute atomic E-state index is 0.171. The number of fused-ring (bicyclic) bond motifs is 2. The first-order chi connectivity index (χ1) is 15.7. The predicted octanol–water partition coefficient (Wildman–Crippen LogP) is 4.31. The fourth-order valence-corrected chi connectivity index (χ4v) is 4.28. The number of para-hydroxylation sites is 1. The van der Waals surface area contributed by atoms with Gasteiger partial charge >= 0.3 is 0 Å². The molecule has 2 heterocycles. The van der Waals surface area contributed by atoms with E-state index in [1.807, 2.05) is 60.8 Å². The van der Waals surface area contributed by atoms with Crippen LogP contribution in [0.4, 0.5) is 5.69 Å². The number of carbonyl (C=O) groups excluding carboxylic acids is 2. The molecule has 5 rings (SSSR count). The summed E-state index contributed by atoms with van der Waals surface area (Å²) < 4.78 is 5.29. The molecule has 6 nitrogen and oxygen atoms in total. The normalized spacial score (nSPS) is 12.8. The minimum Gasteiger partial charge on any atom is -0.497 e. The van der Waals surface area contributed by atoms with Gasteiger partial charge in [0.15, 0.2) is 0 Å². The maximum absolute atomic E-state index is 13.2. The van der Waals surface area contributed by atoms with E-state index in [1.54, 1.807) is 18.1 Å². The van der Waals surface area contributed by atoms with Crippen LogP contribution in [0, 0.1) is 0 Å². The van der Waals surface area contributed by atoms with Crippen LogP contribution in [0.3, 0.4) is 0 Å². The highest BCUT2D eigenvalue weighted by atomic mass is 16.5. The molecule has 1 aromatic heterocycles. The number of nitrogens with zero attached hydrogens (tertiary/aromatic N) is 1. The van der Waals surface area contributed by atoms with Crippen molar-refractivity contribution in [3.8, 4) is 5.75 Å². The lowest BCUT2D eigenvalue weighted by molar-refractivity contribution is 0.0937. The zero-order chi connectivity index (χ0) is 22.1. The minimum atomic E-state index is -0.234. The number of H-pyrrole nitrogens is 1. The number of hydrogen-bond acceptors (Lipinski definition) is 3. The molecule has 0 spiro atoms. The second-order valence-electron chi connectivity index (χ2n) is 7.80. The maximum Gasteiger partial charge on any atom is 0.259 e. The molecule has 0 radical (unpaired) electrons. The van der Waals surface area contributed by atoms with Crippen LogP contribution < -0.4 is 15.0 Å². The van der Waals surface area contributed by atoms with E-state index in [-0.39, 0.29) is 11.8 Å². The number of benzene rings is 3. The molecule has 2 amide bonds. The van der Waals surface area contributed by atoms with Gasteiger partial charge in [0.05, 0.1) is 24.8 Å². The molecule has 32 heavy (non-hydrogen) atoms. The van der Waals surface area contributed by atoms with Crippen molar-refractivity contribution in [3.05, 3.63) is 95.2 Å². The molecular formula is C26H23N3O3. The number of amides is 2. The molecule has 0 saturated carbocycles. The van der Waals surface area contributed by atoms with E-state index in [0.717, 1.165) is 27.7 Å². The van der Waals surface area contributed by atoms with Crippen LogP contribution in [0.1, 0.15) is 31.8 Å². The number of aromatic amines is 1. The Balaban J connectivity index is 1.32.